The van der Waals surface area contributed by atoms with Crippen molar-refractivity contribution in [1.82, 2.24) is 0 Å². The van der Waals surface area contributed by atoms with E-state index in [1.165, 1.54) is 12.8 Å². The average Bonchev–Trinajstić information content (AvgIpc) is 2.71. The van der Waals surface area contributed by atoms with E-state index < -0.39 is 0 Å². The molecule has 94 valence electrons. The molecule has 3 atom stereocenters. The number of anilines is 1. The lowest BCUT2D eigenvalue weighted by atomic mass is 10.1. The minimum atomic E-state index is 0.486. The van der Waals surface area contributed by atoms with Crippen molar-refractivity contribution in [3.63, 3.8) is 0 Å². The molecular weight excluding hydrogens is 246 g/mol. The standard InChI is InChI=1S/C14H16ClN3/c15-8-1-3-9(4-2-8)17-14(16)18-13-7-5-10-11(6-7)12(10)13/h1-4,7,10-13H,5-6H2,(H3,16,17,18). The third-order valence-electron chi connectivity index (χ3n) is 4.83. The summed E-state index contributed by atoms with van der Waals surface area (Å²) in [6.45, 7) is 0. The summed E-state index contributed by atoms with van der Waals surface area (Å²) in [4.78, 5) is 4.69. The van der Waals surface area contributed by atoms with Gasteiger partial charge in [0.15, 0.2) is 5.96 Å². The van der Waals surface area contributed by atoms with E-state index in [2.05, 4.69) is 10.3 Å². The molecule has 4 fully saturated rings. The summed E-state index contributed by atoms with van der Waals surface area (Å²) in [7, 11) is 0. The summed E-state index contributed by atoms with van der Waals surface area (Å²) < 4.78 is 0. The first-order valence-electron chi connectivity index (χ1n) is 6.58. The van der Waals surface area contributed by atoms with Crippen molar-refractivity contribution >= 4 is 23.2 Å². The zero-order valence-electron chi connectivity index (χ0n) is 10.0. The molecule has 18 heavy (non-hydrogen) atoms. The van der Waals surface area contributed by atoms with Crippen LogP contribution in [0.15, 0.2) is 29.3 Å². The molecule has 0 saturated heterocycles. The number of hydrogen-bond donors (Lipinski definition) is 2. The third kappa shape index (κ3) is 1.53. The fourth-order valence-electron chi connectivity index (χ4n) is 4.10. The molecule has 1 aromatic carbocycles. The van der Waals surface area contributed by atoms with Gasteiger partial charge in [-0.15, -0.1) is 0 Å². The molecule has 4 bridgehead atoms. The molecule has 4 heteroatoms. The summed E-state index contributed by atoms with van der Waals surface area (Å²) in [5.74, 6) is 4.15. The lowest BCUT2D eigenvalue weighted by Gasteiger charge is -2.12. The topological polar surface area (TPSA) is 50.4 Å². The summed E-state index contributed by atoms with van der Waals surface area (Å²) >= 11 is 5.85. The molecule has 3 nitrogen and oxygen atoms in total. The third-order valence-corrected chi connectivity index (χ3v) is 5.08. The molecular formula is C14H16ClN3. The molecule has 0 spiro atoms. The summed E-state index contributed by atoms with van der Waals surface area (Å²) in [6, 6.07) is 8.01. The number of hydrogen-bond acceptors (Lipinski definition) is 1. The van der Waals surface area contributed by atoms with Gasteiger partial charge in [-0.1, -0.05) is 11.6 Å². The normalized spacial score (nSPS) is 40.1. The summed E-state index contributed by atoms with van der Waals surface area (Å²) in [5.41, 5.74) is 6.93. The van der Waals surface area contributed by atoms with Gasteiger partial charge in [0.1, 0.15) is 0 Å². The van der Waals surface area contributed by atoms with E-state index in [-0.39, 0.29) is 0 Å². The number of benzene rings is 1. The zero-order valence-corrected chi connectivity index (χ0v) is 10.8. The summed E-state index contributed by atoms with van der Waals surface area (Å²) in [6.07, 6.45) is 2.77. The Morgan fingerprint density at radius 2 is 1.89 bits per heavy atom. The van der Waals surface area contributed by atoms with Gasteiger partial charge < -0.3 is 11.1 Å². The van der Waals surface area contributed by atoms with Crippen LogP contribution in [0, 0.1) is 23.7 Å². The van der Waals surface area contributed by atoms with Gasteiger partial charge >= 0.3 is 0 Å². The van der Waals surface area contributed by atoms with Crippen molar-refractivity contribution < 1.29 is 0 Å². The molecule has 0 heterocycles. The Kier molecular flexibility index (Phi) is 2.16. The first-order chi connectivity index (χ1) is 8.72. The van der Waals surface area contributed by atoms with E-state index in [1.54, 1.807) is 0 Å². The molecule has 0 radical (unpaired) electrons. The lowest BCUT2D eigenvalue weighted by Crippen LogP contribution is -2.26. The Morgan fingerprint density at radius 1 is 1.22 bits per heavy atom. The van der Waals surface area contributed by atoms with Crippen molar-refractivity contribution in [2.75, 3.05) is 5.32 Å². The second-order valence-corrected chi connectivity index (χ2v) is 6.21. The average molecular weight is 262 g/mol. The van der Waals surface area contributed by atoms with Crippen LogP contribution in [0.25, 0.3) is 0 Å². The number of nitrogens with one attached hydrogen (secondary N) is 1. The van der Waals surface area contributed by atoms with Crippen LogP contribution < -0.4 is 11.1 Å². The maximum absolute atomic E-state index is 5.99. The number of aliphatic imine (C=N–C) groups is 1. The Bertz CT molecular complexity index is 496. The maximum Gasteiger partial charge on any atom is 0.193 e. The largest absolute Gasteiger partial charge is 0.370 e. The first kappa shape index (κ1) is 10.7. The fraction of sp³-hybridized carbons (Fsp3) is 0.500. The fourth-order valence-corrected chi connectivity index (χ4v) is 4.22. The zero-order chi connectivity index (χ0) is 12.3. The van der Waals surface area contributed by atoms with Gasteiger partial charge in [0.25, 0.3) is 0 Å². The predicted molar refractivity (Wildman–Crippen MR) is 73.7 cm³/mol. The highest BCUT2D eigenvalue weighted by Crippen LogP contribution is 2.71. The number of halogens is 1. The molecule has 0 aliphatic heterocycles. The molecule has 4 aliphatic rings. The lowest BCUT2D eigenvalue weighted by molar-refractivity contribution is 0.524. The molecule has 3 N–H and O–H groups in total. The van der Waals surface area contributed by atoms with Crippen LogP contribution in [0.5, 0.6) is 0 Å². The highest BCUT2D eigenvalue weighted by molar-refractivity contribution is 6.30. The quantitative estimate of drug-likeness (QED) is 0.635. The van der Waals surface area contributed by atoms with Gasteiger partial charge in [0, 0.05) is 10.7 Å². The maximum atomic E-state index is 5.99. The SMILES string of the molecule is NC(=NC1C2CC3C(C2)C31)Nc1ccc(Cl)cc1. The number of nitrogens with zero attached hydrogens (tertiary/aromatic N) is 1. The van der Waals surface area contributed by atoms with Gasteiger partial charge in [0.2, 0.25) is 0 Å². The Balaban J connectivity index is 1.47. The van der Waals surface area contributed by atoms with Crippen molar-refractivity contribution in [3.8, 4) is 0 Å². The van der Waals surface area contributed by atoms with Crippen molar-refractivity contribution in [3.05, 3.63) is 29.3 Å². The van der Waals surface area contributed by atoms with Gasteiger partial charge in [0.05, 0.1) is 6.04 Å². The van der Waals surface area contributed by atoms with Crippen LogP contribution in [-0.4, -0.2) is 12.0 Å². The van der Waals surface area contributed by atoms with Gasteiger partial charge in [-0.2, -0.15) is 0 Å². The second kappa shape index (κ2) is 3.64. The molecule has 3 unspecified atom stereocenters. The highest BCUT2D eigenvalue weighted by atomic mass is 35.5. The minimum absolute atomic E-state index is 0.486. The highest BCUT2D eigenvalue weighted by Gasteiger charge is 2.68. The Labute approximate surface area is 111 Å². The first-order valence-corrected chi connectivity index (χ1v) is 6.96. The monoisotopic (exact) mass is 261 g/mol. The summed E-state index contributed by atoms with van der Waals surface area (Å²) in [5, 5.41) is 3.87. The van der Waals surface area contributed by atoms with Crippen molar-refractivity contribution in [2.24, 2.45) is 34.4 Å². The number of rotatable bonds is 2. The van der Waals surface area contributed by atoms with Crippen LogP contribution >= 0.6 is 11.6 Å². The van der Waals surface area contributed by atoms with E-state index in [4.69, 9.17) is 17.3 Å². The van der Waals surface area contributed by atoms with Crippen molar-refractivity contribution in [1.29, 1.82) is 0 Å². The number of nitrogens with two attached hydrogens (primary N) is 1. The Morgan fingerprint density at radius 3 is 2.44 bits per heavy atom. The molecule has 0 amide bonds. The van der Waals surface area contributed by atoms with E-state index >= 15 is 0 Å². The molecule has 5 rings (SSSR count). The van der Waals surface area contributed by atoms with E-state index in [0.717, 1.165) is 34.4 Å². The molecule has 0 aromatic heterocycles. The second-order valence-electron chi connectivity index (χ2n) is 5.77. The smallest absolute Gasteiger partial charge is 0.193 e. The Hall–Kier alpha value is -1.22. The van der Waals surface area contributed by atoms with E-state index in [1.807, 2.05) is 24.3 Å². The van der Waals surface area contributed by atoms with Gasteiger partial charge in [-0.25, -0.2) is 4.99 Å². The van der Waals surface area contributed by atoms with Gasteiger partial charge in [-0.05, 0) is 60.8 Å². The van der Waals surface area contributed by atoms with Crippen LogP contribution in [0.4, 0.5) is 5.69 Å². The molecule has 1 aromatic rings. The van der Waals surface area contributed by atoms with Crippen LogP contribution in [0.2, 0.25) is 5.02 Å². The molecule has 4 saturated carbocycles. The van der Waals surface area contributed by atoms with Crippen LogP contribution in [0.1, 0.15) is 12.8 Å². The van der Waals surface area contributed by atoms with Gasteiger partial charge in [-0.3, -0.25) is 0 Å². The van der Waals surface area contributed by atoms with Crippen LogP contribution in [0.3, 0.4) is 0 Å². The van der Waals surface area contributed by atoms with Crippen LogP contribution in [-0.2, 0) is 0 Å². The van der Waals surface area contributed by atoms with E-state index in [9.17, 15) is 0 Å². The number of guanidine groups is 1. The minimum Gasteiger partial charge on any atom is -0.370 e. The van der Waals surface area contributed by atoms with E-state index in [0.29, 0.717) is 12.0 Å². The van der Waals surface area contributed by atoms with Crippen molar-refractivity contribution in [2.45, 2.75) is 18.9 Å². The molecule has 4 aliphatic carbocycles. The predicted octanol–water partition coefficient (Wildman–Crippen LogP) is 2.72.